The second-order valence-corrected chi connectivity index (χ2v) is 29.1. The average molecular weight is 1360 g/mol. The molecule has 0 radical (unpaired) electrons. The van der Waals surface area contributed by atoms with Crippen LogP contribution >= 0.6 is 11.6 Å². The lowest BCUT2D eigenvalue weighted by Crippen LogP contribution is -2.40. The maximum atomic E-state index is 6.63. The Hall–Kier alpha value is -12.1. The van der Waals surface area contributed by atoms with Crippen LogP contribution in [0.25, 0.3) is 66.1 Å². The molecule has 500 valence electrons. The number of anilines is 5. The van der Waals surface area contributed by atoms with Crippen LogP contribution in [0.5, 0.6) is 0 Å². The summed E-state index contributed by atoms with van der Waals surface area (Å²) in [4.78, 5) is 2.37. The van der Waals surface area contributed by atoms with E-state index in [2.05, 4.69) is 347 Å². The zero-order valence-electron chi connectivity index (χ0n) is 58.1. The van der Waals surface area contributed by atoms with E-state index in [9.17, 15) is 0 Å². The Balaban J connectivity index is 0.000000133. The molecular formula is C101H79ClN2. The molecule has 0 atom stereocenters. The minimum Gasteiger partial charge on any atom is -0.356 e. The first-order valence-corrected chi connectivity index (χ1v) is 36.3. The van der Waals surface area contributed by atoms with Crippen LogP contribution in [-0.2, 0) is 21.7 Å². The van der Waals surface area contributed by atoms with Gasteiger partial charge in [-0.1, -0.05) is 350 Å². The van der Waals surface area contributed by atoms with Gasteiger partial charge in [-0.2, -0.15) is 0 Å². The summed E-state index contributed by atoms with van der Waals surface area (Å²) in [6.07, 6.45) is 0. The Morgan fingerprint density at radius 3 is 0.933 bits per heavy atom. The fourth-order valence-electron chi connectivity index (χ4n) is 18.1. The van der Waals surface area contributed by atoms with Gasteiger partial charge in [0.15, 0.2) is 0 Å². The molecule has 4 aliphatic rings. The Morgan fingerprint density at radius 1 is 0.240 bits per heavy atom. The summed E-state index contributed by atoms with van der Waals surface area (Å²) in [6, 6.07) is 137. The van der Waals surface area contributed by atoms with Crippen LogP contribution in [0.15, 0.2) is 376 Å². The van der Waals surface area contributed by atoms with E-state index in [-0.39, 0.29) is 23.7 Å². The van der Waals surface area contributed by atoms with Crippen molar-refractivity contribution < 1.29 is 0 Å². The highest BCUT2D eigenvalue weighted by atomic mass is 35.5. The van der Waals surface area contributed by atoms with Crippen molar-refractivity contribution in [3.05, 3.63) is 448 Å². The van der Waals surface area contributed by atoms with Gasteiger partial charge >= 0.3 is 0 Å². The van der Waals surface area contributed by atoms with Gasteiger partial charge in [-0.15, -0.1) is 0 Å². The van der Waals surface area contributed by atoms with Crippen molar-refractivity contribution in [3.8, 4) is 44.5 Å². The second kappa shape index (κ2) is 26.1. The number of halogens is 1. The molecule has 0 saturated heterocycles. The van der Waals surface area contributed by atoms with Gasteiger partial charge in [0.1, 0.15) is 0 Å². The van der Waals surface area contributed by atoms with Crippen molar-refractivity contribution in [2.45, 2.75) is 56.8 Å². The first-order chi connectivity index (χ1) is 50.6. The van der Waals surface area contributed by atoms with Crippen LogP contribution in [0, 0.1) is 0 Å². The quantitative estimate of drug-likeness (QED) is 0.171. The SMILES string of the molecule is C.CC1(C)c2ccccc2C2(c3ccccc3-c3ccc(-c4ccc(Cl)c5ccccc45)cc32)c2ccccc21.CC1(C)c2ccccc2C2(c3ccccc3-c3ccc(-c4ccc(N(c5ccccc5)c5ccccc5)c5ccccc45)cc32)c2ccccc21.c1ccc(Nc2ccccc2)cc1. The maximum absolute atomic E-state index is 6.63. The van der Waals surface area contributed by atoms with Crippen LogP contribution in [0.4, 0.5) is 28.4 Å². The average Bonchev–Trinajstić information content (AvgIpc) is 1.50. The lowest BCUT2D eigenvalue weighted by atomic mass is 9.55. The Kier molecular flexibility index (Phi) is 16.4. The van der Waals surface area contributed by atoms with Crippen molar-refractivity contribution in [1.82, 2.24) is 0 Å². The molecule has 16 aromatic rings. The highest BCUT2D eigenvalue weighted by Gasteiger charge is 2.55. The van der Waals surface area contributed by atoms with E-state index < -0.39 is 5.41 Å². The lowest BCUT2D eigenvalue weighted by molar-refractivity contribution is 0.563. The predicted molar refractivity (Wildman–Crippen MR) is 440 cm³/mol. The molecular weight excluding hydrogens is 1280 g/mol. The van der Waals surface area contributed by atoms with Crippen molar-refractivity contribution >= 4 is 61.6 Å². The Bertz CT molecular complexity index is 5760. The van der Waals surface area contributed by atoms with E-state index in [0.29, 0.717) is 0 Å². The highest BCUT2D eigenvalue weighted by molar-refractivity contribution is 6.36. The number of nitrogens with one attached hydrogen (secondary N) is 1. The molecule has 4 aliphatic carbocycles. The third-order valence-electron chi connectivity index (χ3n) is 22.6. The number of rotatable bonds is 7. The van der Waals surface area contributed by atoms with Crippen molar-refractivity contribution in [3.63, 3.8) is 0 Å². The van der Waals surface area contributed by atoms with Gasteiger partial charge in [0.05, 0.1) is 16.5 Å². The van der Waals surface area contributed by atoms with Crippen LogP contribution in [-0.4, -0.2) is 0 Å². The molecule has 0 aliphatic heterocycles. The molecule has 3 heteroatoms. The highest BCUT2D eigenvalue weighted by Crippen LogP contribution is 2.65. The van der Waals surface area contributed by atoms with Crippen molar-refractivity contribution in [1.29, 1.82) is 0 Å². The van der Waals surface area contributed by atoms with Gasteiger partial charge in [0.25, 0.3) is 0 Å². The summed E-state index contributed by atoms with van der Waals surface area (Å²) in [7, 11) is 0. The molecule has 2 spiro atoms. The number of fused-ring (bicyclic) bond motifs is 20. The second-order valence-electron chi connectivity index (χ2n) is 28.7. The van der Waals surface area contributed by atoms with E-state index in [1.807, 2.05) is 66.7 Å². The molecule has 0 bridgehead atoms. The number of para-hydroxylation sites is 4. The number of nitrogens with zero attached hydrogens (tertiary/aromatic N) is 1. The van der Waals surface area contributed by atoms with E-state index in [0.717, 1.165) is 38.8 Å². The first kappa shape index (κ1) is 65.3. The van der Waals surface area contributed by atoms with Gasteiger partial charge < -0.3 is 10.2 Å². The number of benzene rings is 16. The smallest absolute Gasteiger partial charge is 0.0719 e. The summed E-state index contributed by atoms with van der Waals surface area (Å²) in [5.41, 5.74) is 31.4. The summed E-state index contributed by atoms with van der Waals surface area (Å²) in [5, 5.41) is 8.82. The summed E-state index contributed by atoms with van der Waals surface area (Å²) in [6.45, 7) is 9.51. The number of hydrogen-bond acceptors (Lipinski definition) is 2. The largest absolute Gasteiger partial charge is 0.356 e. The maximum Gasteiger partial charge on any atom is 0.0719 e. The number of hydrogen-bond donors (Lipinski definition) is 1. The van der Waals surface area contributed by atoms with Gasteiger partial charge in [-0.3, -0.25) is 0 Å². The van der Waals surface area contributed by atoms with E-state index in [1.54, 1.807) is 0 Å². The monoisotopic (exact) mass is 1350 g/mol. The fourth-order valence-corrected chi connectivity index (χ4v) is 18.3. The van der Waals surface area contributed by atoms with Crippen LogP contribution in [0.1, 0.15) is 102 Å². The summed E-state index contributed by atoms with van der Waals surface area (Å²) < 4.78 is 0. The van der Waals surface area contributed by atoms with Crippen LogP contribution in [0.3, 0.4) is 0 Å². The molecule has 20 rings (SSSR count). The zero-order chi connectivity index (χ0) is 69.4. The Labute approximate surface area is 616 Å². The van der Waals surface area contributed by atoms with E-state index in [4.69, 9.17) is 11.6 Å². The molecule has 1 N–H and O–H groups in total. The zero-order valence-corrected chi connectivity index (χ0v) is 58.9. The first-order valence-electron chi connectivity index (χ1n) is 35.9. The topological polar surface area (TPSA) is 15.3 Å². The molecule has 16 aromatic carbocycles. The van der Waals surface area contributed by atoms with E-state index >= 15 is 0 Å². The van der Waals surface area contributed by atoms with Gasteiger partial charge in [-0.05, 0) is 195 Å². The third-order valence-corrected chi connectivity index (χ3v) is 22.9. The molecule has 0 fully saturated rings. The fraction of sp³-hybridized carbons (Fsp3) is 0.0891. The summed E-state index contributed by atoms with van der Waals surface area (Å²) >= 11 is 6.63. The van der Waals surface area contributed by atoms with Crippen LogP contribution < -0.4 is 10.2 Å². The molecule has 104 heavy (non-hydrogen) atoms. The minimum atomic E-state index is -0.419. The normalized spacial score (nSPS) is 14.0. The van der Waals surface area contributed by atoms with Crippen molar-refractivity contribution in [2.75, 3.05) is 10.2 Å². The van der Waals surface area contributed by atoms with Gasteiger partial charge in [0.2, 0.25) is 0 Å². The predicted octanol–water partition coefficient (Wildman–Crippen LogP) is 27.2. The molecule has 0 unspecified atom stereocenters. The van der Waals surface area contributed by atoms with Gasteiger partial charge in [0, 0.05) is 49.4 Å². The summed E-state index contributed by atoms with van der Waals surface area (Å²) in [5.74, 6) is 0. The lowest BCUT2D eigenvalue weighted by Gasteiger charge is -2.46. The Morgan fingerprint density at radius 2 is 0.529 bits per heavy atom. The van der Waals surface area contributed by atoms with Crippen molar-refractivity contribution in [2.24, 2.45) is 0 Å². The minimum absolute atomic E-state index is 0. The van der Waals surface area contributed by atoms with Crippen LogP contribution in [0.2, 0.25) is 5.02 Å². The molecule has 2 nitrogen and oxygen atoms in total. The third kappa shape index (κ3) is 10.2. The molecule has 0 amide bonds. The molecule has 0 saturated carbocycles. The standard InChI is InChI=1S/C50H37N.C38H27Cl.C12H11N.CH4/c1-49(2)43-25-13-15-27-45(43)50(46-28-16-14-26-44(46)49)42-24-12-11-22-39(42)40-30-29-34(33-47(40)50)37-31-32-48(41-23-10-9-21-38(37)41)51(35-17-5-3-6-18-35)36-19-7-4-8-20-36;1-37(2)31-15-7-9-17-33(31)38(34-18-10-8-16-32(34)37)30-14-6-5-12-27(30)28-20-19-24(23-35(28)38)25-21-22-36(39)29-13-4-3-11-26(25)29;1-3-7-11(8-4-1)13-12-9-5-2-6-10-12;/h3-33H,1-2H3;3-23H,1-2H3;1-10,13H;1H4. The molecule has 0 aromatic heterocycles. The molecule has 0 heterocycles. The van der Waals surface area contributed by atoms with E-state index in [1.165, 1.54) is 127 Å². The van der Waals surface area contributed by atoms with Gasteiger partial charge in [-0.25, -0.2) is 0 Å².